The van der Waals surface area contributed by atoms with Crippen molar-refractivity contribution in [3.63, 3.8) is 0 Å². The number of nitrogens with two attached hydrogens (primary N) is 1. The van der Waals surface area contributed by atoms with Gasteiger partial charge in [-0.2, -0.15) is 0 Å². The Labute approximate surface area is 131 Å². The predicted octanol–water partition coefficient (Wildman–Crippen LogP) is 2.41. The van der Waals surface area contributed by atoms with Crippen molar-refractivity contribution in [2.45, 2.75) is 13.0 Å². The van der Waals surface area contributed by atoms with E-state index in [1.54, 1.807) is 6.07 Å². The molecule has 1 aromatic carbocycles. The molecule has 3 rings (SSSR count). The van der Waals surface area contributed by atoms with Crippen LogP contribution < -0.4 is 5.73 Å². The number of imidazole rings is 1. The summed E-state index contributed by atoms with van der Waals surface area (Å²) in [7, 11) is 0. The Balaban J connectivity index is 1.91. The summed E-state index contributed by atoms with van der Waals surface area (Å²) in [5.74, 6) is 0.0937. The van der Waals surface area contributed by atoms with Crippen molar-refractivity contribution in [2.75, 3.05) is 38.6 Å². The molecular weight excluding hydrogens is 339 g/mol. The molecule has 0 aliphatic carbocycles. The Kier molecular flexibility index (Phi) is 4.14. The van der Waals surface area contributed by atoms with Gasteiger partial charge in [-0.05, 0) is 28.9 Å². The highest BCUT2D eigenvalue weighted by molar-refractivity contribution is 9.10. The lowest BCUT2D eigenvalue weighted by Crippen LogP contribution is -2.39. The third-order valence-electron chi connectivity index (χ3n) is 3.83. The third kappa shape index (κ3) is 2.90. The maximum absolute atomic E-state index is 13.6. The van der Waals surface area contributed by atoms with Gasteiger partial charge in [0.25, 0.3) is 0 Å². The first-order valence-corrected chi connectivity index (χ1v) is 7.78. The summed E-state index contributed by atoms with van der Waals surface area (Å²) in [4.78, 5) is 6.61. The highest BCUT2D eigenvalue weighted by atomic mass is 79.9. The number of rotatable bonds is 3. The summed E-state index contributed by atoms with van der Waals surface area (Å²) in [5, 5.41) is 0. The number of nitrogens with zero attached hydrogens (tertiary/aromatic N) is 3. The quantitative estimate of drug-likeness (QED) is 0.917. The van der Waals surface area contributed by atoms with Crippen LogP contribution in [0.4, 0.5) is 10.3 Å². The lowest BCUT2D eigenvalue weighted by Gasteiger charge is -2.30. The zero-order valence-electron chi connectivity index (χ0n) is 11.9. The number of morpholine rings is 1. The third-order valence-corrected chi connectivity index (χ3v) is 4.43. The van der Waals surface area contributed by atoms with Crippen LogP contribution in [0.1, 0.15) is 13.0 Å². The number of hydrogen-bond donors (Lipinski definition) is 1. The van der Waals surface area contributed by atoms with E-state index in [2.05, 4.69) is 32.7 Å². The molecule has 1 saturated heterocycles. The van der Waals surface area contributed by atoms with Gasteiger partial charge in [-0.25, -0.2) is 9.37 Å². The Bertz CT molecular complexity index is 654. The van der Waals surface area contributed by atoms with Gasteiger partial charge in [-0.3, -0.25) is 4.90 Å². The largest absolute Gasteiger partial charge is 0.379 e. The van der Waals surface area contributed by atoms with Crippen molar-refractivity contribution < 1.29 is 9.13 Å². The van der Waals surface area contributed by atoms with E-state index in [0.29, 0.717) is 15.9 Å². The molecule has 0 amide bonds. The lowest BCUT2D eigenvalue weighted by atomic mass is 10.2. The predicted molar refractivity (Wildman–Crippen MR) is 83.8 cm³/mol. The van der Waals surface area contributed by atoms with Crippen molar-refractivity contribution >= 4 is 32.9 Å². The topological polar surface area (TPSA) is 56.3 Å². The van der Waals surface area contributed by atoms with E-state index in [9.17, 15) is 4.39 Å². The van der Waals surface area contributed by atoms with Crippen molar-refractivity contribution in [3.05, 3.63) is 22.4 Å². The highest BCUT2D eigenvalue weighted by Gasteiger charge is 2.19. The van der Waals surface area contributed by atoms with Crippen LogP contribution in [0.25, 0.3) is 11.0 Å². The summed E-state index contributed by atoms with van der Waals surface area (Å²) in [6.07, 6.45) is 0. The van der Waals surface area contributed by atoms with Gasteiger partial charge in [0.2, 0.25) is 5.95 Å². The molecule has 0 spiro atoms. The average Bonchev–Trinajstić information content (AvgIpc) is 2.75. The first-order valence-electron chi connectivity index (χ1n) is 6.99. The van der Waals surface area contributed by atoms with Crippen LogP contribution in [0.3, 0.4) is 0 Å². The standard InChI is InChI=1S/C14H18BrFN4O/c1-9(8-19-2-4-21-5-3-19)20-13-6-10(15)11(16)7-12(13)18-14(20)17/h6-7,9H,2-5,8H2,1H3,(H2,17,18). The monoisotopic (exact) mass is 356 g/mol. The maximum Gasteiger partial charge on any atom is 0.201 e. The molecule has 2 aromatic rings. The molecular formula is C14H18BrFN4O. The molecule has 1 atom stereocenters. The molecule has 1 unspecified atom stereocenters. The van der Waals surface area contributed by atoms with E-state index in [4.69, 9.17) is 10.5 Å². The zero-order chi connectivity index (χ0) is 15.0. The number of aromatic nitrogens is 2. The molecule has 0 radical (unpaired) electrons. The van der Waals surface area contributed by atoms with Crippen LogP contribution in [0.2, 0.25) is 0 Å². The van der Waals surface area contributed by atoms with Crippen LogP contribution in [-0.4, -0.2) is 47.3 Å². The van der Waals surface area contributed by atoms with E-state index < -0.39 is 0 Å². The van der Waals surface area contributed by atoms with E-state index in [0.717, 1.165) is 38.4 Å². The van der Waals surface area contributed by atoms with Gasteiger partial charge in [0, 0.05) is 31.7 Å². The molecule has 114 valence electrons. The van der Waals surface area contributed by atoms with Crippen molar-refractivity contribution in [2.24, 2.45) is 0 Å². The molecule has 21 heavy (non-hydrogen) atoms. The SMILES string of the molecule is CC(CN1CCOCC1)n1c(N)nc2cc(F)c(Br)cc21. The number of anilines is 1. The van der Waals surface area contributed by atoms with Gasteiger partial charge >= 0.3 is 0 Å². The maximum atomic E-state index is 13.6. The summed E-state index contributed by atoms with van der Waals surface area (Å²) in [5.41, 5.74) is 7.46. The minimum absolute atomic E-state index is 0.158. The van der Waals surface area contributed by atoms with Crippen LogP contribution in [-0.2, 0) is 4.74 Å². The van der Waals surface area contributed by atoms with E-state index in [-0.39, 0.29) is 11.9 Å². The Morgan fingerprint density at radius 1 is 1.43 bits per heavy atom. The minimum Gasteiger partial charge on any atom is -0.379 e. The molecule has 1 aliphatic heterocycles. The van der Waals surface area contributed by atoms with Gasteiger partial charge in [0.05, 0.1) is 28.7 Å². The lowest BCUT2D eigenvalue weighted by molar-refractivity contribution is 0.0329. The Hall–Kier alpha value is -1.18. The van der Waals surface area contributed by atoms with Crippen molar-refractivity contribution in [1.29, 1.82) is 0 Å². The molecule has 1 aromatic heterocycles. The smallest absolute Gasteiger partial charge is 0.201 e. The number of ether oxygens (including phenoxy) is 1. The second kappa shape index (κ2) is 5.90. The summed E-state index contributed by atoms with van der Waals surface area (Å²) in [6.45, 7) is 6.36. The first-order chi connectivity index (χ1) is 10.1. The second-order valence-electron chi connectivity index (χ2n) is 5.36. The molecule has 2 N–H and O–H groups in total. The van der Waals surface area contributed by atoms with Crippen LogP contribution >= 0.6 is 15.9 Å². The summed E-state index contributed by atoms with van der Waals surface area (Å²) in [6, 6.07) is 3.31. The van der Waals surface area contributed by atoms with E-state index >= 15 is 0 Å². The molecule has 0 bridgehead atoms. The summed E-state index contributed by atoms with van der Waals surface area (Å²) < 4.78 is 21.4. The van der Waals surface area contributed by atoms with Crippen molar-refractivity contribution in [3.8, 4) is 0 Å². The zero-order valence-corrected chi connectivity index (χ0v) is 13.4. The highest BCUT2D eigenvalue weighted by Crippen LogP contribution is 2.28. The first kappa shape index (κ1) is 14.7. The van der Waals surface area contributed by atoms with Gasteiger partial charge in [-0.15, -0.1) is 0 Å². The van der Waals surface area contributed by atoms with Crippen LogP contribution in [0.15, 0.2) is 16.6 Å². The van der Waals surface area contributed by atoms with E-state index in [1.165, 1.54) is 6.07 Å². The second-order valence-corrected chi connectivity index (χ2v) is 6.21. The number of halogens is 2. The Morgan fingerprint density at radius 3 is 2.86 bits per heavy atom. The molecule has 0 saturated carbocycles. The fourth-order valence-corrected chi connectivity index (χ4v) is 3.14. The van der Waals surface area contributed by atoms with Gasteiger partial charge < -0.3 is 15.0 Å². The number of benzene rings is 1. The summed E-state index contributed by atoms with van der Waals surface area (Å²) >= 11 is 3.22. The molecule has 2 heterocycles. The van der Waals surface area contributed by atoms with Gasteiger partial charge in [0.15, 0.2) is 0 Å². The van der Waals surface area contributed by atoms with Crippen molar-refractivity contribution in [1.82, 2.24) is 14.5 Å². The fourth-order valence-electron chi connectivity index (χ4n) is 2.81. The number of nitrogen functional groups attached to an aromatic ring is 1. The number of fused-ring (bicyclic) bond motifs is 1. The fraction of sp³-hybridized carbons (Fsp3) is 0.500. The molecule has 1 fully saturated rings. The number of hydrogen-bond acceptors (Lipinski definition) is 4. The molecule has 1 aliphatic rings. The van der Waals surface area contributed by atoms with Gasteiger partial charge in [-0.1, -0.05) is 0 Å². The van der Waals surface area contributed by atoms with E-state index in [1.807, 2.05) is 4.57 Å². The van der Waals surface area contributed by atoms with Gasteiger partial charge in [0.1, 0.15) is 5.82 Å². The Morgan fingerprint density at radius 2 is 2.14 bits per heavy atom. The minimum atomic E-state index is -0.326. The average molecular weight is 357 g/mol. The molecule has 7 heteroatoms. The molecule has 5 nitrogen and oxygen atoms in total. The van der Waals surface area contributed by atoms with Crippen LogP contribution in [0, 0.1) is 5.82 Å². The van der Waals surface area contributed by atoms with Crippen LogP contribution in [0.5, 0.6) is 0 Å². The normalized spacial score (nSPS) is 18.2.